The number of fused-ring (bicyclic) bond motifs is 1. The lowest BCUT2D eigenvalue weighted by Crippen LogP contribution is -2.29. The second-order valence-electron chi connectivity index (χ2n) is 3.65. The molecule has 1 aromatic rings. The molecule has 2 heteroatoms. The molecule has 0 saturated carbocycles. The highest BCUT2D eigenvalue weighted by molar-refractivity contribution is 5.70. The van der Waals surface area contributed by atoms with Gasteiger partial charge < -0.3 is 10.4 Å². The van der Waals surface area contributed by atoms with Gasteiger partial charge in [0.25, 0.3) is 0 Å². The van der Waals surface area contributed by atoms with Crippen molar-refractivity contribution in [2.45, 2.75) is 18.9 Å². The summed E-state index contributed by atoms with van der Waals surface area (Å²) in [5, 5.41) is 12.4. The second-order valence-corrected chi connectivity index (χ2v) is 3.65. The third kappa shape index (κ3) is 1.53. The average molecular weight is 189 g/mol. The molecule has 0 bridgehead atoms. The highest BCUT2D eigenvalue weighted by Crippen LogP contribution is 2.28. The van der Waals surface area contributed by atoms with Crippen molar-refractivity contribution in [3.8, 4) is 0 Å². The fourth-order valence-electron chi connectivity index (χ4n) is 1.92. The molecule has 0 fully saturated rings. The van der Waals surface area contributed by atoms with Gasteiger partial charge in [-0.05, 0) is 24.0 Å². The van der Waals surface area contributed by atoms with Crippen molar-refractivity contribution in [2.24, 2.45) is 0 Å². The van der Waals surface area contributed by atoms with Crippen LogP contribution >= 0.6 is 0 Å². The third-order valence-electron chi connectivity index (χ3n) is 2.73. The third-order valence-corrected chi connectivity index (χ3v) is 2.73. The number of nitrogens with one attached hydrogen (secondary N) is 1. The normalized spacial score (nSPS) is 19.6. The fraction of sp³-hybridized carbons (Fsp3) is 0.333. The Morgan fingerprint density at radius 3 is 3.14 bits per heavy atom. The SMILES string of the molecule is C=Cc1cccc2c1N[C@@H](CO)CC2. The molecule has 2 rings (SSSR count). The molecule has 2 N–H and O–H groups in total. The highest BCUT2D eigenvalue weighted by Gasteiger charge is 2.17. The number of hydrogen-bond donors (Lipinski definition) is 2. The first-order chi connectivity index (χ1) is 6.85. The van der Waals surface area contributed by atoms with Gasteiger partial charge in [-0.2, -0.15) is 0 Å². The Bertz CT molecular complexity index is 346. The van der Waals surface area contributed by atoms with Crippen LogP contribution in [0.25, 0.3) is 6.08 Å². The number of anilines is 1. The smallest absolute Gasteiger partial charge is 0.0632 e. The van der Waals surface area contributed by atoms with Gasteiger partial charge in [0.15, 0.2) is 0 Å². The number of rotatable bonds is 2. The van der Waals surface area contributed by atoms with Crippen LogP contribution in [-0.4, -0.2) is 17.8 Å². The van der Waals surface area contributed by atoms with E-state index >= 15 is 0 Å². The maximum atomic E-state index is 9.09. The van der Waals surface area contributed by atoms with Crippen LogP contribution in [0.15, 0.2) is 24.8 Å². The van der Waals surface area contributed by atoms with Gasteiger partial charge in [-0.25, -0.2) is 0 Å². The number of aliphatic hydroxyl groups is 1. The minimum Gasteiger partial charge on any atom is -0.394 e. The van der Waals surface area contributed by atoms with Crippen LogP contribution in [0.1, 0.15) is 17.5 Å². The lowest BCUT2D eigenvalue weighted by atomic mass is 9.95. The molecule has 0 saturated heterocycles. The molecule has 0 aromatic heterocycles. The van der Waals surface area contributed by atoms with Gasteiger partial charge in [0.2, 0.25) is 0 Å². The van der Waals surface area contributed by atoms with Crippen molar-refractivity contribution < 1.29 is 5.11 Å². The molecule has 0 spiro atoms. The minimum absolute atomic E-state index is 0.198. The van der Waals surface area contributed by atoms with Crippen LogP contribution in [0.5, 0.6) is 0 Å². The van der Waals surface area contributed by atoms with E-state index in [0.29, 0.717) is 0 Å². The molecule has 1 heterocycles. The van der Waals surface area contributed by atoms with E-state index in [1.54, 1.807) is 0 Å². The molecular formula is C12H15NO. The van der Waals surface area contributed by atoms with Crippen LogP contribution in [0, 0.1) is 0 Å². The topological polar surface area (TPSA) is 32.3 Å². The van der Waals surface area contributed by atoms with Crippen LogP contribution in [0.3, 0.4) is 0 Å². The first kappa shape index (κ1) is 9.28. The molecule has 1 aromatic carbocycles. The molecule has 1 atom stereocenters. The zero-order chi connectivity index (χ0) is 9.97. The zero-order valence-corrected chi connectivity index (χ0v) is 8.16. The predicted octanol–water partition coefficient (Wildman–Crippen LogP) is 2.05. The van der Waals surface area contributed by atoms with Crippen molar-refractivity contribution >= 4 is 11.8 Å². The summed E-state index contributed by atoms with van der Waals surface area (Å²) < 4.78 is 0. The Balaban J connectivity index is 2.37. The molecule has 0 unspecified atom stereocenters. The molecule has 2 nitrogen and oxygen atoms in total. The van der Waals surface area contributed by atoms with Crippen molar-refractivity contribution in [1.29, 1.82) is 0 Å². The Hall–Kier alpha value is -1.28. The molecule has 14 heavy (non-hydrogen) atoms. The quantitative estimate of drug-likeness (QED) is 0.746. The van der Waals surface area contributed by atoms with Crippen molar-refractivity contribution in [3.63, 3.8) is 0 Å². The van der Waals surface area contributed by atoms with Crippen molar-refractivity contribution in [3.05, 3.63) is 35.9 Å². The predicted molar refractivity (Wildman–Crippen MR) is 59.4 cm³/mol. The van der Waals surface area contributed by atoms with Gasteiger partial charge in [0.05, 0.1) is 6.61 Å². The largest absolute Gasteiger partial charge is 0.394 e. The van der Waals surface area contributed by atoms with E-state index in [0.717, 1.165) is 24.1 Å². The van der Waals surface area contributed by atoms with E-state index in [9.17, 15) is 0 Å². The molecule has 74 valence electrons. The number of aliphatic hydroxyl groups excluding tert-OH is 1. The van der Waals surface area contributed by atoms with Crippen LogP contribution < -0.4 is 5.32 Å². The van der Waals surface area contributed by atoms with Gasteiger partial charge >= 0.3 is 0 Å². The zero-order valence-electron chi connectivity index (χ0n) is 8.16. The first-order valence-corrected chi connectivity index (χ1v) is 4.97. The Labute approximate surface area is 84.3 Å². The summed E-state index contributed by atoms with van der Waals surface area (Å²) in [6.07, 6.45) is 3.89. The summed E-state index contributed by atoms with van der Waals surface area (Å²) >= 11 is 0. The Morgan fingerprint density at radius 2 is 2.43 bits per heavy atom. The first-order valence-electron chi connectivity index (χ1n) is 4.97. The maximum Gasteiger partial charge on any atom is 0.0632 e. The van der Waals surface area contributed by atoms with Gasteiger partial charge in [-0.1, -0.05) is 30.9 Å². The minimum atomic E-state index is 0.198. The van der Waals surface area contributed by atoms with E-state index < -0.39 is 0 Å². The van der Waals surface area contributed by atoms with E-state index in [2.05, 4.69) is 24.0 Å². The fourth-order valence-corrected chi connectivity index (χ4v) is 1.92. The van der Waals surface area contributed by atoms with Gasteiger partial charge in [-0.3, -0.25) is 0 Å². The molecule has 0 aliphatic carbocycles. The van der Waals surface area contributed by atoms with E-state index in [-0.39, 0.29) is 12.6 Å². The van der Waals surface area contributed by atoms with E-state index in [1.807, 2.05) is 12.1 Å². The summed E-state index contributed by atoms with van der Waals surface area (Å²) in [5.41, 5.74) is 3.60. The lowest BCUT2D eigenvalue weighted by molar-refractivity contribution is 0.267. The second kappa shape index (κ2) is 3.84. The van der Waals surface area contributed by atoms with Crippen LogP contribution in [0.2, 0.25) is 0 Å². The molecule has 0 amide bonds. The summed E-state index contributed by atoms with van der Waals surface area (Å²) in [5.74, 6) is 0. The average Bonchev–Trinajstić information content (AvgIpc) is 2.27. The molecular weight excluding hydrogens is 174 g/mol. The lowest BCUT2D eigenvalue weighted by Gasteiger charge is -2.27. The Morgan fingerprint density at radius 1 is 1.57 bits per heavy atom. The molecule has 1 aliphatic rings. The number of aryl methyl sites for hydroxylation is 1. The molecule has 1 aliphatic heterocycles. The van der Waals surface area contributed by atoms with E-state index in [4.69, 9.17) is 5.11 Å². The highest BCUT2D eigenvalue weighted by atomic mass is 16.3. The number of hydrogen-bond acceptors (Lipinski definition) is 2. The van der Waals surface area contributed by atoms with Gasteiger partial charge in [0, 0.05) is 11.7 Å². The van der Waals surface area contributed by atoms with E-state index in [1.165, 1.54) is 5.56 Å². The van der Waals surface area contributed by atoms with Gasteiger partial charge in [-0.15, -0.1) is 0 Å². The molecule has 0 radical (unpaired) electrons. The van der Waals surface area contributed by atoms with Crippen LogP contribution in [-0.2, 0) is 6.42 Å². The monoisotopic (exact) mass is 189 g/mol. The summed E-state index contributed by atoms with van der Waals surface area (Å²) in [6, 6.07) is 6.42. The van der Waals surface area contributed by atoms with Crippen molar-refractivity contribution in [1.82, 2.24) is 0 Å². The summed E-state index contributed by atoms with van der Waals surface area (Å²) in [7, 11) is 0. The van der Waals surface area contributed by atoms with Crippen molar-refractivity contribution in [2.75, 3.05) is 11.9 Å². The van der Waals surface area contributed by atoms with Gasteiger partial charge in [0.1, 0.15) is 0 Å². The maximum absolute atomic E-state index is 9.09. The Kier molecular flexibility index (Phi) is 2.55. The summed E-state index contributed by atoms with van der Waals surface area (Å²) in [6.45, 7) is 3.99. The van der Waals surface area contributed by atoms with Crippen LogP contribution in [0.4, 0.5) is 5.69 Å². The summed E-state index contributed by atoms with van der Waals surface area (Å²) in [4.78, 5) is 0. The number of benzene rings is 1. The standard InChI is InChI=1S/C12H15NO/c1-2-9-4-3-5-10-6-7-11(8-14)13-12(9)10/h2-5,11,13-14H,1,6-8H2/t11-/m1/s1. The number of para-hydroxylation sites is 1.